The molecule has 1 heterocycles. The molecule has 0 saturated carbocycles. The van der Waals surface area contributed by atoms with E-state index in [1.807, 2.05) is 17.5 Å². The Morgan fingerprint density at radius 3 is 2.50 bits per heavy atom. The lowest BCUT2D eigenvalue weighted by Gasteiger charge is -2.21. The Hall–Kier alpha value is -1.74. The molecular formula is C16H20N2O4S2. The first-order valence-corrected chi connectivity index (χ1v) is 9.64. The Balaban J connectivity index is 2.23. The third kappa shape index (κ3) is 4.88. The van der Waals surface area contributed by atoms with E-state index in [4.69, 9.17) is 4.74 Å². The highest BCUT2D eigenvalue weighted by Crippen LogP contribution is 2.22. The molecule has 2 aromatic rings. The van der Waals surface area contributed by atoms with Crippen molar-refractivity contribution in [3.63, 3.8) is 0 Å². The van der Waals surface area contributed by atoms with Gasteiger partial charge in [0.05, 0.1) is 11.5 Å². The van der Waals surface area contributed by atoms with Crippen molar-refractivity contribution in [1.82, 2.24) is 4.31 Å². The largest absolute Gasteiger partial charge is 0.383 e. The first-order valence-electron chi connectivity index (χ1n) is 7.32. The molecule has 0 spiro atoms. The standard InChI is InChI=1S/C16H20N2O4S2/c1-13(19)17-14-5-7-16(8-6-14)24(20,21)18(9-10-22-2)12-15-4-3-11-23-15/h3-8,11H,9-10,12H2,1-2H3,(H,17,19). The average Bonchev–Trinajstić information content (AvgIpc) is 3.04. The normalized spacial score (nSPS) is 11.6. The van der Waals surface area contributed by atoms with Gasteiger partial charge in [0.25, 0.3) is 0 Å². The van der Waals surface area contributed by atoms with Crippen LogP contribution in [-0.4, -0.2) is 38.9 Å². The summed E-state index contributed by atoms with van der Waals surface area (Å²) in [6, 6.07) is 9.94. The number of hydrogen-bond donors (Lipinski definition) is 1. The highest BCUT2D eigenvalue weighted by molar-refractivity contribution is 7.89. The minimum Gasteiger partial charge on any atom is -0.383 e. The van der Waals surface area contributed by atoms with Crippen LogP contribution in [0.4, 0.5) is 5.69 Å². The summed E-state index contributed by atoms with van der Waals surface area (Å²) in [6.45, 7) is 2.29. The number of rotatable bonds is 8. The van der Waals surface area contributed by atoms with Crippen molar-refractivity contribution in [2.75, 3.05) is 25.6 Å². The van der Waals surface area contributed by atoms with Gasteiger partial charge < -0.3 is 10.1 Å². The molecule has 0 unspecified atom stereocenters. The number of carbonyl (C=O) groups excluding carboxylic acids is 1. The monoisotopic (exact) mass is 368 g/mol. The molecule has 0 aliphatic rings. The van der Waals surface area contributed by atoms with Gasteiger partial charge in [0.15, 0.2) is 0 Å². The molecule has 130 valence electrons. The third-order valence-corrected chi connectivity index (χ3v) is 5.99. The van der Waals surface area contributed by atoms with Crippen molar-refractivity contribution in [2.45, 2.75) is 18.4 Å². The maximum atomic E-state index is 12.9. The Labute approximate surface area is 146 Å². The van der Waals surface area contributed by atoms with E-state index in [0.29, 0.717) is 18.8 Å². The first-order chi connectivity index (χ1) is 11.4. The van der Waals surface area contributed by atoms with Crippen molar-refractivity contribution in [3.8, 4) is 0 Å². The first kappa shape index (κ1) is 18.6. The zero-order valence-electron chi connectivity index (χ0n) is 13.6. The Bertz CT molecular complexity index is 756. The molecule has 0 saturated heterocycles. The molecule has 8 heteroatoms. The predicted octanol–water partition coefficient (Wildman–Crippen LogP) is 2.54. The minimum atomic E-state index is -3.65. The number of benzene rings is 1. The van der Waals surface area contributed by atoms with Crippen LogP contribution in [0.15, 0.2) is 46.7 Å². The second-order valence-corrected chi connectivity index (χ2v) is 8.09. The number of sulfonamides is 1. The lowest BCUT2D eigenvalue weighted by molar-refractivity contribution is -0.114. The molecule has 0 radical (unpaired) electrons. The molecule has 2 rings (SSSR count). The molecule has 1 N–H and O–H groups in total. The van der Waals surface area contributed by atoms with Crippen molar-refractivity contribution in [2.24, 2.45) is 0 Å². The molecule has 0 bridgehead atoms. The zero-order chi connectivity index (χ0) is 17.6. The van der Waals surface area contributed by atoms with Crippen molar-refractivity contribution in [1.29, 1.82) is 0 Å². The molecule has 1 aromatic heterocycles. The number of thiophene rings is 1. The second-order valence-electron chi connectivity index (χ2n) is 5.12. The van der Waals surface area contributed by atoms with Crippen LogP contribution in [0.25, 0.3) is 0 Å². The molecule has 6 nitrogen and oxygen atoms in total. The van der Waals surface area contributed by atoms with Crippen LogP contribution in [0.3, 0.4) is 0 Å². The van der Waals surface area contributed by atoms with Crippen LogP contribution < -0.4 is 5.32 Å². The smallest absolute Gasteiger partial charge is 0.243 e. The van der Waals surface area contributed by atoms with Gasteiger partial charge in [0.1, 0.15) is 0 Å². The SMILES string of the molecule is COCCN(Cc1cccs1)S(=O)(=O)c1ccc(NC(C)=O)cc1. The van der Waals surface area contributed by atoms with Crippen LogP contribution >= 0.6 is 11.3 Å². The molecule has 24 heavy (non-hydrogen) atoms. The van der Waals surface area contributed by atoms with Crippen LogP contribution in [-0.2, 0) is 26.1 Å². The predicted molar refractivity (Wildman–Crippen MR) is 94.5 cm³/mol. The van der Waals surface area contributed by atoms with E-state index >= 15 is 0 Å². The summed E-state index contributed by atoms with van der Waals surface area (Å²) in [5.41, 5.74) is 0.558. The second kappa shape index (κ2) is 8.39. The average molecular weight is 368 g/mol. The van der Waals surface area contributed by atoms with Gasteiger partial charge in [0, 0.05) is 37.7 Å². The van der Waals surface area contributed by atoms with Crippen molar-refractivity contribution < 1.29 is 17.9 Å². The minimum absolute atomic E-state index is 0.185. The zero-order valence-corrected chi connectivity index (χ0v) is 15.2. The quantitative estimate of drug-likeness (QED) is 0.777. The Morgan fingerprint density at radius 1 is 1.25 bits per heavy atom. The summed E-state index contributed by atoms with van der Waals surface area (Å²) in [5, 5.41) is 4.53. The van der Waals surface area contributed by atoms with Gasteiger partial charge in [-0.1, -0.05) is 6.07 Å². The Kier molecular flexibility index (Phi) is 6.50. The fourth-order valence-corrected chi connectivity index (χ4v) is 4.32. The van der Waals surface area contributed by atoms with Gasteiger partial charge in [-0.15, -0.1) is 11.3 Å². The molecule has 0 atom stereocenters. The van der Waals surface area contributed by atoms with Crippen LogP contribution in [0.5, 0.6) is 0 Å². The molecule has 0 fully saturated rings. The number of anilines is 1. The number of ether oxygens (including phenoxy) is 1. The van der Waals surface area contributed by atoms with Gasteiger partial charge in [-0.2, -0.15) is 4.31 Å². The van der Waals surface area contributed by atoms with Crippen LogP contribution in [0.1, 0.15) is 11.8 Å². The van der Waals surface area contributed by atoms with E-state index in [-0.39, 0.29) is 17.3 Å². The van der Waals surface area contributed by atoms with E-state index in [1.54, 1.807) is 12.1 Å². The number of amides is 1. The maximum absolute atomic E-state index is 12.9. The molecule has 0 aliphatic carbocycles. The maximum Gasteiger partial charge on any atom is 0.243 e. The van der Waals surface area contributed by atoms with E-state index in [1.165, 1.54) is 41.8 Å². The summed E-state index contributed by atoms with van der Waals surface area (Å²) in [5.74, 6) is -0.204. The fourth-order valence-electron chi connectivity index (χ4n) is 2.12. The van der Waals surface area contributed by atoms with E-state index < -0.39 is 10.0 Å². The summed E-state index contributed by atoms with van der Waals surface area (Å²) in [7, 11) is -2.11. The summed E-state index contributed by atoms with van der Waals surface area (Å²) >= 11 is 1.51. The lowest BCUT2D eigenvalue weighted by atomic mass is 10.3. The van der Waals surface area contributed by atoms with Crippen molar-refractivity contribution >= 4 is 33.0 Å². The summed E-state index contributed by atoms with van der Waals surface area (Å²) < 4.78 is 32.2. The summed E-state index contributed by atoms with van der Waals surface area (Å²) in [6.07, 6.45) is 0. The van der Waals surface area contributed by atoms with Gasteiger partial charge in [-0.05, 0) is 35.7 Å². The van der Waals surface area contributed by atoms with E-state index in [2.05, 4.69) is 5.32 Å². The van der Waals surface area contributed by atoms with Crippen molar-refractivity contribution in [3.05, 3.63) is 46.7 Å². The number of carbonyl (C=O) groups is 1. The van der Waals surface area contributed by atoms with Crippen LogP contribution in [0, 0.1) is 0 Å². The Morgan fingerprint density at radius 2 is 1.96 bits per heavy atom. The topological polar surface area (TPSA) is 75.7 Å². The van der Waals surface area contributed by atoms with E-state index in [9.17, 15) is 13.2 Å². The van der Waals surface area contributed by atoms with Gasteiger partial charge >= 0.3 is 0 Å². The molecular weight excluding hydrogens is 348 g/mol. The molecule has 1 aromatic carbocycles. The van der Waals surface area contributed by atoms with Crippen LogP contribution in [0.2, 0.25) is 0 Å². The van der Waals surface area contributed by atoms with Gasteiger partial charge in [0.2, 0.25) is 15.9 Å². The third-order valence-electron chi connectivity index (χ3n) is 3.27. The molecule has 0 aliphatic heterocycles. The highest BCUT2D eigenvalue weighted by atomic mass is 32.2. The summed E-state index contributed by atoms with van der Waals surface area (Å²) in [4.78, 5) is 12.2. The highest BCUT2D eigenvalue weighted by Gasteiger charge is 2.24. The van der Waals surface area contributed by atoms with E-state index in [0.717, 1.165) is 4.88 Å². The molecule has 1 amide bonds. The number of nitrogens with zero attached hydrogens (tertiary/aromatic N) is 1. The number of methoxy groups -OCH3 is 1. The van der Waals surface area contributed by atoms with Gasteiger partial charge in [-0.25, -0.2) is 8.42 Å². The lowest BCUT2D eigenvalue weighted by Crippen LogP contribution is -2.33. The number of nitrogens with one attached hydrogen (secondary N) is 1. The fraction of sp³-hybridized carbons (Fsp3) is 0.312. The van der Waals surface area contributed by atoms with Gasteiger partial charge in [-0.3, -0.25) is 4.79 Å². The number of hydrogen-bond acceptors (Lipinski definition) is 5.